The molecule has 2 unspecified atom stereocenters. The number of hydrogen-bond acceptors (Lipinski definition) is 2. The van der Waals surface area contributed by atoms with E-state index in [1.807, 2.05) is 0 Å². The minimum atomic E-state index is 0.227. The fourth-order valence-corrected chi connectivity index (χ4v) is 2.46. The van der Waals surface area contributed by atoms with Gasteiger partial charge >= 0.3 is 0 Å². The molecule has 3 heteroatoms. The van der Waals surface area contributed by atoms with E-state index in [4.69, 9.17) is 16.3 Å². The van der Waals surface area contributed by atoms with E-state index in [1.54, 1.807) is 0 Å². The van der Waals surface area contributed by atoms with E-state index in [-0.39, 0.29) is 6.10 Å². The molecule has 0 spiro atoms. The highest BCUT2D eigenvalue weighted by molar-refractivity contribution is 6.18. The van der Waals surface area contributed by atoms with Crippen molar-refractivity contribution < 1.29 is 4.74 Å². The van der Waals surface area contributed by atoms with Crippen molar-refractivity contribution in [3.8, 4) is 0 Å². The summed E-state index contributed by atoms with van der Waals surface area (Å²) in [7, 11) is 0. The molecule has 0 radical (unpaired) electrons. The third-order valence-corrected chi connectivity index (χ3v) is 3.59. The Labute approximate surface area is 98.9 Å². The summed E-state index contributed by atoms with van der Waals surface area (Å²) in [5.74, 6) is 1.44. The summed E-state index contributed by atoms with van der Waals surface area (Å²) in [6.45, 7) is 9.95. The summed E-state index contributed by atoms with van der Waals surface area (Å²) in [6.07, 6.45) is 3.10. The summed E-state index contributed by atoms with van der Waals surface area (Å²) in [5, 5.41) is 0. The fourth-order valence-electron chi connectivity index (χ4n) is 2.29. The van der Waals surface area contributed by atoms with E-state index < -0.39 is 0 Å². The van der Waals surface area contributed by atoms with E-state index in [1.165, 1.54) is 19.4 Å². The summed E-state index contributed by atoms with van der Waals surface area (Å²) in [6, 6.07) is 0. The molecule has 0 aromatic carbocycles. The SMILES string of the molecule is CCC(CC)CN1CC(C)OC(CCl)C1. The second-order valence-corrected chi connectivity index (χ2v) is 4.93. The van der Waals surface area contributed by atoms with Gasteiger partial charge in [0.1, 0.15) is 0 Å². The van der Waals surface area contributed by atoms with Crippen LogP contribution in [0.2, 0.25) is 0 Å². The molecule has 0 aromatic rings. The molecule has 90 valence electrons. The second-order valence-electron chi connectivity index (χ2n) is 4.62. The molecule has 1 fully saturated rings. The third-order valence-electron chi connectivity index (χ3n) is 3.25. The highest BCUT2D eigenvalue weighted by Crippen LogP contribution is 2.16. The van der Waals surface area contributed by atoms with Crippen LogP contribution in [0.25, 0.3) is 0 Å². The van der Waals surface area contributed by atoms with Crippen molar-refractivity contribution in [2.45, 2.75) is 45.8 Å². The van der Waals surface area contributed by atoms with Gasteiger partial charge in [-0.05, 0) is 12.8 Å². The van der Waals surface area contributed by atoms with Crippen molar-refractivity contribution in [2.24, 2.45) is 5.92 Å². The maximum Gasteiger partial charge on any atom is 0.0841 e. The minimum Gasteiger partial charge on any atom is -0.371 e. The predicted molar refractivity (Wildman–Crippen MR) is 65.6 cm³/mol. The number of ether oxygens (including phenoxy) is 1. The van der Waals surface area contributed by atoms with Gasteiger partial charge in [0.05, 0.1) is 12.2 Å². The Morgan fingerprint density at radius 1 is 1.33 bits per heavy atom. The van der Waals surface area contributed by atoms with Crippen LogP contribution in [0.3, 0.4) is 0 Å². The number of hydrogen-bond donors (Lipinski definition) is 0. The van der Waals surface area contributed by atoms with Crippen LogP contribution in [0.5, 0.6) is 0 Å². The molecule has 0 aliphatic carbocycles. The Balaban J connectivity index is 2.39. The van der Waals surface area contributed by atoms with E-state index in [0.717, 1.165) is 19.0 Å². The molecule has 1 heterocycles. The normalized spacial score (nSPS) is 28.6. The lowest BCUT2D eigenvalue weighted by Gasteiger charge is -2.37. The largest absolute Gasteiger partial charge is 0.371 e. The second kappa shape index (κ2) is 6.72. The quantitative estimate of drug-likeness (QED) is 0.678. The highest BCUT2D eigenvalue weighted by Gasteiger charge is 2.25. The average molecular weight is 234 g/mol. The zero-order chi connectivity index (χ0) is 11.3. The number of morpholine rings is 1. The molecule has 0 bridgehead atoms. The zero-order valence-electron chi connectivity index (χ0n) is 10.2. The first-order valence-corrected chi connectivity index (χ1v) is 6.66. The van der Waals surface area contributed by atoms with Gasteiger partial charge in [-0.15, -0.1) is 11.6 Å². The van der Waals surface area contributed by atoms with Gasteiger partial charge in [-0.2, -0.15) is 0 Å². The molecular formula is C12H24ClNO. The van der Waals surface area contributed by atoms with Crippen LogP contribution in [-0.4, -0.2) is 42.6 Å². The van der Waals surface area contributed by atoms with Gasteiger partial charge < -0.3 is 4.74 Å². The van der Waals surface area contributed by atoms with Crippen molar-refractivity contribution >= 4 is 11.6 Å². The molecular weight excluding hydrogens is 210 g/mol. The van der Waals surface area contributed by atoms with Gasteiger partial charge in [-0.3, -0.25) is 4.90 Å². The van der Waals surface area contributed by atoms with E-state index >= 15 is 0 Å². The van der Waals surface area contributed by atoms with Gasteiger partial charge in [0, 0.05) is 25.5 Å². The van der Waals surface area contributed by atoms with Crippen molar-refractivity contribution in [1.82, 2.24) is 4.90 Å². The molecule has 1 aliphatic rings. The minimum absolute atomic E-state index is 0.227. The summed E-state index contributed by atoms with van der Waals surface area (Å²) >= 11 is 5.86. The van der Waals surface area contributed by atoms with Gasteiger partial charge in [-0.1, -0.05) is 26.7 Å². The molecule has 2 atom stereocenters. The van der Waals surface area contributed by atoms with Crippen LogP contribution < -0.4 is 0 Å². The van der Waals surface area contributed by atoms with Crippen molar-refractivity contribution in [1.29, 1.82) is 0 Å². The molecule has 2 nitrogen and oxygen atoms in total. The van der Waals surface area contributed by atoms with Crippen LogP contribution >= 0.6 is 11.6 Å². The summed E-state index contributed by atoms with van der Waals surface area (Å²) in [5.41, 5.74) is 0. The van der Waals surface area contributed by atoms with Gasteiger partial charge in [0.15, 0.2) is 0 Å². The molecule has 1 rings (SSSR count). The third kappa shape index (κ3) is 4.29. The number of alkyl halides is 1. The maximum atomic E-state index is 5.86. The first kappa shape index (κ1) is 13.3. The topological polar surface area (TPSA) is 12.5 Å². The Kier molecular flexibility index (Phi) is 5.95. The van der Waals surface area contributed by atoms with Crippen LogP contribution in [-0.2, 0) is 4.74 Å². The Hall–Kier alpha value is 0.210. The highest BCUT2D eigenvalue weighted by atomic mass is 35.5. The Morgan fingerprint density at radius 2 is 2.00 bits per heavy atom. The standard InChI is InChI=1S/C12H24ClNO/c1-4-11(5-2)8-14-7-10(3)15-12(6-13)9-14/h10-12H,4-9H2,1-3H3. The van der Waals surface area contributed by atoms with E-state index in [0.29, 0.717) is 12.0 Å². The van der Waals surface area contributed by atoms with E-state index in [9.17, 15) is 0 Å². The molecule has 0 aromatic heterocycles. The first-order chi connectivity index (χ1) is 7.19. The van der Waals surface area contributed by atoms with Gasteiger partial charge in [0.2, 0.25) is 0 Å². The molecule has 1 aliphatic heterocycles. The Morgan fingerprint density at radius 3 is 2.53 bits per heavy atom. The first-order valence-electron chi connectivity index (χ1n) is 6.13. The number of rotatable bonds is 5. The van der Waals surface area contributed by atoms with Gasteiger partial charge in [0.25, 0.3) is 0 Å². The molecule has 15 heavy (non-hydrogen) atoms. The van der Waals surface area contributed by atoms with Crippen molar-refractivity contribution in [2.75, 3.05) is 25.5 Å². The van der Waals surface area contributed by atoms with Crippen LogP contribution in [0, 0.1) is 5.92 Å². The monoisotopic (exact) mass is 233 g/mol. The van der Waals surface area contributed by atoms with Crippen LogP contribution in [0.4, 0.5) is 0 Å². The summed E-state index contributed by atoms with van der Waals surface area (Å²) in [4.78, 5) is 2.51. The molecule has 0 N–H and O–H groups in total. The van der Waals surface area contributed by atoms with Crippen molar-refractivity contribution in [3.63, 3.8) is 0 Å². The molecule has 0 amide bonds. The maximum absolute atomic E-state index is 5.86. The summed E-state index contributed by atoms with van der Waals surface area (Å²) < 4.78 is 5.74. The van der Waals surface area contributed by atoms with E-state index in [2.05, 4.69) is 25.7 Å². The lowest BCUT2D eigenvalue weighted by molar-refractivity contribution is -0.0700. The van der Waals surface area contributed by atoms with Gasteiger partial charge in [-0.25, -0.2) is 0 Å². The fraction of sp³-hybridized carbons (Fsp3) is 1.00. The number of halogens is 1. The molecule has 1 saturated heterocycles. The smallest absolute Gasteiger partial charge is 0.0841 e. The lowest BCUT2D eigenvalue weighted by Crippen LogP contribution is -2.48. The van der Waals surface area contributed by atoms with Crippen molar-refractivity contribution in [3.05, 3.63) is 0 Å². The average Bonchev–Trinajstić information content (AvgIpc) is 2.25. The molecule has 0 saturated carbocycles. The zero-order valence-corrected chi connectivity index (χ0v) is 11.0. The Bertz CT molecular complexity index is 173. The predicted octanol–water partition coefficient (Wildman–Crippen LogP) is 2.75. The number of nitrogens with zero attached hydrogens (tertiary/aromatic N) is 1. The van der Waals surface area contributed by atoms with Crippen LogP contribution in [0.15, 0.2) is 0 Å². The van der Waals surface area contributed by atoms with Crippen LogP contribution in [0.1, 0.15) is 33.6 Å². The lowest BCUT2D eigenvalue weighted by atomic mass is 10.0.